The van der Waals surface area contributed by atoms with Crippen LogP contribution in [-0.4, -0.2) is 27.0 Å². The fraction of sp³-hybridized carbons (Fsp3) is 0.150. The van der Waals surface area contributed by atoms with E-state index in [4.69, 9.17) is 10.5 Å². The maximum Gasteiger partial charge on any atom is 0.216 e. The standard InChI is InChI=1S/C20H17F2N5O/c1-28-15-6-16-12(8-25-20(16)26-10-15)4-11-2-3-17(27-19(11)22)18(23)13-5-14(21)9-24-7-13/h2-3,5-10,18H,4,23H2,1H3,(H,25,26). The van der Waals surface area contributed by atoms with Crippen LogP contribution in [0.25, 0.3) is 11.0 Å². The van der Waals surface area contributed by atoms with Crippen molar-refractivity contribution in [1.29, 1.82) is 0 Å². The highest BCUT2D eigenvalue weighted by atomic mass is 19.1. The number of rotatable bonds is 5. The number of H-pyrrole nitrogens is 1. The minimum Gasteiger partial charge on any atom is -0.495 e. The number of nitrogens with one attached hydrogen (secondary N) is 1. The van der Waals surface area contributed by atoms with Crippen LogP contribution in [0.2, 0.25) is 0 Å². The van der Waals surface area contributed by atoms with E-state index in [0.717, 1.165) is 17.1 Å². The second-order valence-electron chi connectivity index (χ2n) is 6.36. The van der Waals surface area contributed by atoms with Gasteiger partial charge in [-0.05, 0) is 29.3 Å². The summed E-state index contributed by atoms with van der Waals surface area (Å²) in [6, 6.07) is 5.62. The first kappa shape index (κ1) is 18.0. The molecule has 28 heavy (non-hydrogen) atoms. The van der Waals surface area contributed by atoms with Crippen molar-refractivity contribution in [2.24, 2.45) is 5.73 Å². The van der Waals surface area contributed by atoms with Crippen LogP contribution < -0.4 is 10.5 Å². The lowest BCUT2D eigenvalue weighted by Crippen LogP contribution is -2.15. The molecular weight excluding hydrogens is 364 g/mol. The number of fused-ring (bicyclic) bond motifs is 1. The second kappa shape index (κ2) is 7.32. The lowest BCUT2D eigenvalue weighted by atomic mass is 10.0. The van der Waals surface area contributed by atoms with Gasteiger partial charge in [-0.3, -0.25) is 4.98 Å². The molecule has 3 N–H and O–H groups in total. The lowest BCUT2D eigenvalue weighted by molar-refractivity contribution is 0.413. The van der Waals surface area contributed by atoms with Gasteiger partial charge in [0.15, 0.2) is 0 Å². The van der Waals surface area contributed by atoms with Crippen LogP contribution in [0.15, 0.2) is 49.1 Å². The number of halogens is 2. The highest BCUT2D eigenvalue weighted by Gasteiger charge is 2.16. The maximum atomic E-state index is 14.6. The van der Waals surface area contributed by atoms with Crippen LogP contribution in [-0.2, 0) is 6.42 Å². The third-order valence-corrected chi connectivity index (χ3v) is 4.56. The van der Waals surface area contributed by atoms with Crippen molar-refractivity contribution in [3.8, 4) is 5.75 Å². The molecule has 1 atom stereocenters. The molecule has 0 bridgehead atoms. The normalized spacial score (nSPS) is 12.3. The van der Waals surface area contributed by atoms with E-state index >= 15 is 0 Å². The van der Waals surface area contributed by atoms with Crippen molar-refractivity contribution in [1.82, 2.24) is 19.9 Å². The van der Waals surface area contributed by atoms with E-state index in [9.17, 15) is 8.78 Å². The number of methoxy groups -OCH3 is 1. The predicted molar refractivity (Wildman–Crippen MR) is 99.9 cm³/mol. The van der Waals surface area contributed by atoms with Crippen molar-refractivity contribution < 1.29 is 13.5 Å². The molecule has 4 rings (SSSR count). The third-order valence-electron chi connectivity index (χ3n) is 4.56. The SMILES string of the molecule is COc1cnc2[nH]cc(Cc3ccc(C(N)c4cncc(F)c4)nc3F)c2c1. The van der Waals surface area contributed by atoms with Gasteiger partial charge in [0.1, 0.15) is 17.2 Å². The van der Waals surface area contributed by atoms with Crippen LogP contribution in [0.5, 0.6) is 5.75 Å². The molecule has 0 amide bonds. The zero-order valence-electron chi connectivity index (χ0n) is 15.0. The summed E-state index contributed by atoms with van der Waals surface area (Å²) in [5.41, 5.74) is 8.79. The summed E-state index contributed by atoms with van der Waals surface area (Å²) in [7, 11) is 1.56. The molecule has 142 valence electrons. The number of pyridine rings is 3. The minimum absolute atomic E-state index is 0.302. The summed E-state index contributed by atoms with van der Waals surface area (Å²) in [5, 5.41) is 0.852. The molecule has 8 heteroatoms. The number of aromatic nitrogens is 4. The summed E-state index contributed by atoms with van der Waals surface area (Å²) in [4.78, 5) is 15.1. The Morgan fingerprint density at radius 2 is 2.00 bits per heavy atom. The van der Waals surface area contributed by atoms with Gasteiger partial charge in [0.05, 0.1) is 31.2 Å². The largest absolute Gasteiger partial charge is 0.495 e. The van der Waals surface area contributed by atoms with Gasteiger partial charge in [0, 0.05) is 29.8 Å². The Hall–Kier alpha value is -3.39. The van der Waals surface area contributed by atoms with Crippen LogP contribution in [0.3, 0.4) is 0 Å². The highest BCUT2D eigenvalue weighted by molar-refractivity contribution is 5.81. The van der Waals surface area contributed by atoms with Crippen LogP contribution >= 0.6 is 0 Å². The Bertz CT molecular complexity index is 1140. The zero-order valence-corrected chi connectivity index (χ0v) is 15.0. The van der Waals surface area contributed by atoms with E-state index in [1.54, 1.807) is 31.6 Å². The number of aromatic amines is 1. The van der Waals surface area contributed by atoms with E-state index in [-0.39, 0.29) is 0 Å². The molecule has 0 fully saturated rings. The average Bonchev–Trinajstić information content (AvgIpc) is 3.11. The molecule has 4 aromatic heterocycles. The summed E-state index contributed by atoms with van der Waals surface area (Å²) >= 11 is 0. The summed E-state index contributed by atoms with van der Waals surface area (Å²) < 4.78 is 33.2. The van der Waals surface area contributed by atoms with Crippen molar-refractivity contribution in [2.75, 3.05) is 7.11 Å². The molecule has 0 spiro atoms. The summed E-state index contributed by atoms with van der Waals surface area (Å²) in [6.07, 6.45) is 6.24. The van der Waals surface area contributed by atoms with Crippen LogP contribution in [0.1, 0.15) is 28.4 Å². The van der Waals surface area contributed by atoms with E-state index < -0.39 is 17.8 Å². The Balaban J connectivity index is 1.62. The Labute approximate surface area is 159 Å². The molecule has 0 radical (unpaired) electrons. The molecule has 0 saturated carbocycles. The highest BCUT2D eigenvalue weighted by Crippen LogP contribution is 2.25. The van der Waals surface area contributed by atoms with Crippen molar-refractivity contribution in [3.05, 3.63) is 83.2 Å². The summed E-state index contributed by atoms with van der Waals surface area (Å²) in [6.45, 7) is 0. The van der Waals surface area contributed by atoms with Gasteiger partial charge in [-0.15, -0.1) is 0 Å². The Morgan fingerprint density at radius 3 is 2.75 bits per heavy atom. The number of nitrogens with zero attached hydrogens (tertiary/aromatic N) is 3. The predicted octanol–water partition coefficient (Wildman–Crippen LogP) is 3.28. The average molecular weight is 381 g/mol. The third kappa shape index (κ3) is 3.41. The fourth-order valence-electron chi connectivity index (χ4n) is 3.05. The molecule has 6 nitrogen and oxygen atoms in total. The van der Waals surface area contributed by atoms with E-state index in [2.05, 4.69) is 19.9 Å². The smallest absolute Gasteiger partial charge is 0.216 e. The number of ether oxygens (including phenoxy) is 1. The van der Waals surface area contributed by atoms with Gasteiger partial charge < -0.3 is 15.5 Å². The van der Waals surface area contributed by atoms with E-state index in [1.807, 2.05) is 6.07 Å². The second-order valence-corrected chi connectivity index (χ2v) is 6.36. The molecule has 0 aliphatic heterocycles. The van der Waals surface area contributed by atoms with Gasteiger partial charge in [0.25, 0.3) is 0 Å². The van der Waals surface area contributed by atoms with Crippen molar-refractivity contribution in [2.45, 2.75) is 12.5 Å². The molecule has 1 unspecified atom stereocenters. The monoisotopic (exact) mass is 381 g/mol. The van der Waals surface area contributed by atoms with Gasteiger partial charge in [-0.1, -0.05) is 6.07 Å². The molecule has 4 aromatic rings. The number of hydrogen-bond acceptors (Lipinski definition) is 5. The van der Waals surface area contributed by atoms with Crippen LogP contribution in [0, 0.1) is 11.8 Å². The Morgan fingerprint density at radius 1 is 1.14 bits per heavy atom. The molecule has 0 aliphatic carbocycles. The molecule has 0 aliphatic rings. The first-order valence-corrected chi connectivity index (χ1v) is 8.56. The van der Waals surface area contributed by atoms with Crippen molar-refractivity contribution >= 4 is 11.0 Å². The topological polar surface area (TPSA) is 89.7 Å². The molecule has 4 heterocycles. The molecule has 0 aromatic carbocycles. The lowest BCUT2D eigenvalue weighted by Gasteiger charge is -2.12. The van der Waals surface area contributed by atoms with Gasteiger partial charge >= 0.3 is 0 Å². The zero-order chi connectivity index (χ0) is 19.7. The van der Waals surface area contributed by atoms with Gasteiger partial charge in [-0.25, -0.2) is 14.4 Å². The molecule has 0 saturated heterocycles. The minimum atomic E-state index is -0.770. The van der Waals surface area contributed by atoms with E-state index in [1.165, 1.54) is 12.3 Å². The van der Waals surface area contributed by atoms with Gasteiger partial charge in [-0.2, -0.15) is 4.39 Å². The van der Waals surface area contributed by atoms with Crippen molar-refractivity contribution in [3.63, 3.8) is 0 Å². The Kier molecular flexibility index (Phi) is 4.70. The first-order chi connectivity index (χ1) is 13.5. The number of nitrogens with two attached hydrogens (primary N) is 1. The maximum absolute atomic E-state index is 14.6. The first-order valence-electron chi connectivity index (χ1n) is 8.56. The van der Waals surface area contributed by atoms with Gasteiger partial charge in [0.2, 0.25) is 5.95 Å². The number of hydrogen-bond donors (Lipinski definition) is 2. The fourth-order valence-corrected chi connectivity index (χ4v) is 3.05. The molecular formula is C20H17F2N5O. The van der Waals surface area contributed by atoms with E-state index in [0.29, 0.717) is 34.6 Å². The van der Waals surface area contributed by atoms with Crippen LogP contribution in [0.4, 0.5) is 8.78 Å². The quantitative estimate of drug-likeness (QED) is 0.518. The summed E-state index contributed by atoms with van der Waals surface area (Å²) in [5.74, 6) is -0.507.